The van der Waals surface area contributed by atoms with Crippen LogP contribution in [0.3, 0.4) is 0 Å². The molecule has 23 heavy (non-hydrogen) atoms. The van der Waals surface area contributed by atoms with Gasteiger partial charge in [-0.3, -0.25) is 14.9 Å². The Kier molecular flexibility index (Phi) is 4.16. The van der Waals surface area contributed by atoms with Crippen molar-refractivity contribution in [3.63, 3.8) is 0 Å². The SMILES string of the molecule is C[C@@H]1Oc2ccccc2O[C@H]1C(=O)Nc1nc(CC(N)=O)cs1. The van der Waals surface area contributed by atoms with Crippen molar-refractivity contribution < 1.29 is 19.1 Å². The van der Waals surface area contributed by atoms with E-state index >= 15 is 0 Å². The van der Waals surface area contributed by atoms with Crippen LogP contribution in [-0.4, -0.2) is 29.0 Å². The molecular weight excluding hydrogens is 318 g/mol. The number of carbonyl (C=O) groups is 2. The van der Waals surface area contributed by atoms with Crippen molar-refractivity contribution in [2.45, 2.75) is 25.6 Å². The van der Waals surface area contributed by atoms with E-state index in [0.717, 1.165) is 0 Å². The number of benzene rings is 1. The number of ether oxygens (including phenoxy) is 2. The highest BCUT2D eigenvalue weighted by Crippen LogP contribution is 2.33. The summed E-state index contributed by atoms with van der Waals surface area (Å²) in [5.74, 6) is 0.316. The van der Waals surface area contributed by atoms with E-state index in [-0.39, 0.29) is 12.3 Å². The fourth-order valence-corrected chi connectivity index (χ4v) is 2.92. The first-order chi connectivity index (χ1) is 11.0. The summed E-state index contributed by atoms with van der Waals surface area (Å²) in [4.78, 5) is 27.4. The summed E-state index contributed by atoms with van der Waals surface area (Å²) < 4.78 is 11.4. The van der Waals surface area contributed by atoms with Gasteiger partial charge in [-0.05, 0) is 19.1 Å². The molecule has 2 amide bonds. The molecule has 120 valence electrons. The average Bonchev–Trinajstić information content (AvgIpc) is 2.92. The van der Waals surface area contributed by atoms with E-state index in [0.29, 0.717) is 22.3 Å². The summed E-state index contributed by atoms with van der Waals surface area (Å²) in [7, 11) is 0. The Hall–Kier alpha value is -2.61. The van der Waals surface area contributed by atoms with E-state index < -0.39 is 18.1 Å². The summed E-state index contributed by atoms with van der Waals surface area (Å²) in [6.45, 7) is 1.76. The normalized spacial score (nSPS) is 19.2. The number of primary amides is 1. The monoisotopic (exact) mass is 333 g/mol. The maximum Gasteiger partial charge on any atom is 0.271 e. The number of para-hydroxylation sites is 2. The zero-order valence-corrected chi connectivity index (χ0v) is 13.1. The minimum atomic E-state index is -0.784. The lowest BCUT2D eigenvalue weighted by Gasteiger charge is -2.30. The number of nitrogens with one attached hydrogen (secondary N) is 1. The number of carbonyl (C=O) groups excluding carboxylic acids is 2. The number of nitrogens with two attached hydrogens (primary N) is 1. The van der Waals surface area contributed by atoms with E-state index in [1.54, 1.807) is 24.4 Å². The van der Waals surface area contributed by atoms with E-state index in [1.807, 2.05) is 12.1 Å². The van der Waals surface area contributed by atoms with Gasteiger partial charge in [-0.15, -0.1) is 11.3 Å². The third-order valence-corrected chi connectivity index (χ3v) is 4.04. The summed E-state index contributed by atoms with van der Waals surface area (Å²) in [6, 6.07) is 7.18. The summed E-state index contributed by atoms with van der Waals surface area (Å²) >= 11 is 1.22. The Labute approximate surface area is 136 Å². The lowest BCUT2D eigenvalue weighted by atomic mass is 10.1. The van der Waals surface area contributed by atoms with Crippen LogP contribution in [0.4, 0.5) is 5.13 Å². The van der Waals surface area contributed by atoms with Gasteiger partial charge in [0.15, 0.2) is 16.6 Å². The van der Waals surface area contributed by atoms with Gasteiger partial charge in [0, 0.05) is 5.38 Å². The van der Waals surface area contributed by atoms with Crippen molar-refractivity contribution in [3.05, 3.63) is 35.3 Å². The maximum atomic E-state index is 12.4. The molecule has 0 unspecified atom stereocenters. The maximum absolute atomic E-state index is 12.4. The molecule has 0 fully saturated rings. The summed E-state index contributed by atoms with van der Waals surface area (Å²) in [5.41, 5.74) is 5.64. The third-order valence-electron chi connectivity index (χ3n) is 3.24. The highest BCUT2D eigenvalue weighted by molar-refractivity contribution is 7.13. The Balaban J connectivity index is 1.69. The van der Waals surface area contributed by atoms with Gasteiger partial charge in [-0.25, -0.2) is 4.98 Å². The first-order valence-corrected chi connectivity index (χ1v) is 7.87. The fraction of sp³-hybridized carbons (Fsp3) is 0.267. The van der Waals surface area contributed by atoms with E-state index in [1.165, 1.54) is 11.3 Å². The number of fused-ring (bicyclic) bond motifs is 1. The molecule has 8 heteroatoms. The zero-order valence-electron chi connectivity index (χ0n) is 12.3. The standard InChI is InChI=1S/C15H15N3O4S/c1-8-13(22-11-5-3-2-4-10(11)21-8)14(20)18-15-17-9(7-23-15)6-12(16)19/h2-5,7-8,13H,6H2,1H3,(H2,16,19)(H,17,18,20)/t8-,13+/m0/s1. The lowest BCUT2D eigenvalue weighted by Crippen LogP contribution is -2.46. The molecule has 3 rings (SSSR count). The van der Waals surface area contributed by atoms with Crippen molar-refractivity contribution in [2.75, 3.05) is 5.32 Å². The molecule has 1 aliphatic heterocycles. The average molecular weight is 333 g/mol. The van der Waals surface area contributed by atoms with E-state index in [4.69, 9.17) is 15.2 Å². The van der Waals surface area contributed by atoms with Gasteiger partial charge >= 0.3 is 0 Å². The molecule has 1 aromatic heterocycles. The van der Waals surface area contributed by atoms with Crippen LogP contribution in [0.1, 0.15) is 12.6 Å². The predicted octanol–water partition coefficient (Wildman–Crippen LogP) is 1.34. The Morgan fingerprint density at radius 3 is 2.70 bits per heavy atom. The number of amides is 2. The van der Waals surface area contributed by atoms with Crippen molar-refractivity contribution in [1.82, 2.24) is 4.98 Å². The second kappa shape index (κ2) is 6.25. The smallest absolute Gasteiger partial charge is 0.271 e. The van der Waals surface area contributed by atoms with Crippen LogP contribution in [0.5, 0.6) is 11.5 Å². The van der Waals surface area contributed by atoms with Crippen LogP contribution < -0.4 is 20.5 Å². The second-order valence-corrected chi connectivity index (χ2v) is 5.94. The molecule has 2 aromatic rings. The molecule has 0 aliphatic carbocycles. The molecule has 0 saturated heterocycles. The van der Waals surface area contributed by atoms with E-state index in [9.17, 15) is 9.59 Å². The zero-order chi connectivity index (χ0) is 16.4. The van der Waals surface area contributed by atoms with Gasteiger partial charge in [0.25, 0.3) is 5.91 Å². The largest absolute Gasteiger partial charge is 0.482 e. The number of thiazole rings is 1. The molecule has 2 heterocycles. The molecule has 1 aromatic carbocycles. The summed E-state index contributed by atoms with van der Waals surface area (Å²) in [5, 5.41) is 4.75. The molecule has 0 spiro atoms. The molecule has 1 aliphatic rings. The number of nitrogens with zero attached hydrogens (tertiary/aromatic N) is 1. The van der Waals surface area contributed by atoms with E-state index in [2.05, 4.69) is 10.3 Å². The van der Waals surface area contributed by atoms with Crippen LogP contribution in [-0.2, 0) is 16.0 Å². The number of rotatable bonds is 4. The van der Waals surface area contributed by atoms with Crippen molar-refractivity contribution in [3.8, 4) is 11.5 Å². The van der Waals surface area contributed by atoms with Crippen LogP contribution in [0.2, 0.25) is 0 Å². The minimum absolute atomic E-state index is 0.0409. The highest BCUT2D eigenvalue weighted by atomic mass is 32.1. The quantitative estimate of drug-likeness (QED) is 0.879. The minimum Gasteiger partial charge on any atom is -0.482 e. The van der Waals surface area contributed by atoms with Gasteiger partial charge in [0.05, 0.1) is 12.1 Å². The Morgan fingerprint density at radius 2 is 2.00 bits per heavy atom. The number of hydrogen-bond acceptors (Lipinski definition) is 6. The number of hydrogen-bond donors (Lipinski definition) is 2. The lowest BCUT2D eigenvalue weighted by molar-refractivity contribution is -0.128. The molecule has 0 radical (unpaired) electrons. The third kappa shape index (κ3) is 3.42. The molecule has 7 nitrogen and oxygen atoms in total. The Bertz CT molecular complexity index is 746. The number of anilines is 1. The van der Waals surface area contributed by atoms with Crippen LogP contribution in [0, 0.1) is 0 Å². The first-order valence-electron chi connectivity index (χ1n) is 6.99. The summed E-state index contributed by atoms with van der Waals surface area (Å²) in [6.07, 6.45) is -1.18. The first kappa shape index (κ1) is 15.3. The van der Waals surface area contributed by atoms with Crippen LogP contribution in [0.15, 0.2) is 29.6 Å². The van der Waals surface area contributed by atoms with Gasteiger partial charge in [0.1, 0.15) is 6.10 Å². The molecular formula is C15H15N3O4S. The van der Waals surface area contributed by atoms with Crippen molar-refractivity contribution in [2.24, 2.45) is 5.73 Å². The number of aromatic nitrogens is 1. The van der Waals surface area contributed by atoms with Gasteiger partial charge in [-0.1, -0.05) is 12.1 Å². The molecule has 2 atom stereocenters. The molecule has 3 N–H and O–H groups in total. The van der Waals surface area contributed by atoms with Gasteiger partial charge in [-0.2, -0.15) is 0 Å². The molecule has 0 saturated carbocycles. The van der Waals surface area contributed by atoms with Crippen molar-refractivity contribution >= 4 is 28.3 Å². The van der Waals surface area contributed by atoms with Crippen LogP contribution in [0.25, 0.3) is 0 Å². The molecule has 0 bridgehead atoms. The second-order valence-electron chi connectivity index (χ2n) is 5.08. The topological polar surface area (TPSA) is 104 Å². The van der Waals surface area contributed by atoms with Crippen LogP contribution >= 0.6 is 11.3 Å². The van der Waals surface area contributed by atoms with Gasteiger partial charge < -0.3 is 15.2 Å². The van der Waals surface area contributed by atoms with Gasteiger partial charge in [0.2, 0.25) is 12.0 Å². The fourth-order valence-electron chi connectivity index (χ4n) is 2.21. The highest BCUT2D eigenvalue weighted by Gasteiger charge is 2.34. The predicted molar refractivity (Wildman–Crippen MR) is 84.6 cm³/mol. The Morgan fingerprint density at radius 1 is 1.30 bits per heavy atom. The van der Waals surface area contributed by atoms with Crippen molar-refractivity contribution in [1.29, 1.82) is 0 Å².